The molecule has 2 aromatic rings. The molecule has 0 atom stereocenters. The SMILES string of the molecule is COc1ccc(Cl)cc1CN1CCN(S(=O)(=O)c2ccc(C)s2)CC1. The van der Waals surface area contributed by atoms with E-state index < -0.39 is 10.0 Å². The molecule has 0 spiro atoms. The molecule has 2 heterocycles. The van der Waals surface area contributed by atoms with Crippen molar-refractivity contribution in [2.45, 2.75) is 17.7 Å². The van der Waals surface area contributed by atoms with Crippen LogP contribution >= 0.6 is 22.9 Å². The van der Waals surface area contributed by atoms with Gasteiger partial charge in [-0.05, 0) is 37.3 Å². The Kier molecular flexibility index (Phi) is 5.70. The molecule has 3 rings (SSSR count). The largest absolute Gasteiger partial charge is 0.496 e. The lowest BCUT2D eigenvalue weighted by molar-refractivity contribution is 0.180. The Morgan fingerprint density at radius 1 is 1.16 bits per heavy atom. The van der Waals surface area contributed by atoms with Gasteiger partial charge in [-0.1, -0.05) is 11.6 Å². The van der Waals surface area contributed by atoms with Gasteiger partial charge >= 0.3 is 0 Å². The molecule has 1 fully saturated rings. The van der Waals surface area contributed by atoms with Gasteiger partial charge in [0.2, 0.25) is 0 Å². The predicted molar refractivity (Wildman–Crippen MR) is 101 cm³/mol. The van der Waals surface area contributed by atoms with Crippen LogP contribution in [0.15, 0.2) is 34.5 Å². The Morgan fingerprint density at radius 2 is 1.88 bits per heavy atom. The van der Waals surface area contributed by atoms with Crippen LogP contribution in [0.1, 0.15) is 10.4 Å². The molecule has 8 heteroatoms. The number of piperazine rings is 1. The molecule has 1 aliphatic rings. The fourth-order valence-electron chi connectivity index (χ4n) is 2.92. The molecule has 0 N–H and O–H groups in total. The topological polar surface area (TPSA) is 49.9 Å². The van der Waals surface area contributed by atoms with Crippen LogP contribution in [0.5, 0.6) is 5.75 Å². The summed E-state index contributed by atoms with van der Waals surface area (Å²) in [6, 6.07) is 9.10. The molecule has 1 saturated heterocycles. The summed E-state index contributed by atoms with van der Waals surface area (Å²) < 4.78 is 32.8. The van der Waals surface area contributed by atoms with E-state index in [1.807, 2.05) is 25.1 Å². The first kappa shape index (κ1) is 18.7. The van der Waals surface area contributed by atoms with Crippen LogP contribution in [-0.2, 0) is 16.6 Å². The van der Waals surface area contributed by atoms with Gasteiger partial charge in [-0.25, -0.2) is 8.42 Å². The summed E-state index contributed by atoms with van der Waals surface area (Å²) in [4.78, 5) is 3.23. The van der Waals surface area contributed by atoms with E-state index in [1.54, 1.807) is 23.5 Å². The Balaban J connectivity index is 1.65. The first-order valence-electron chi connectivity index (χ1n) is 8.01. The van der Waals surface area contributed by atoms with Crippen LogP contribution < -0.4 is 4.74 Å². The summed E-state index contributed by atoms with van der Waals surface area (Å²) in [5, 5.41) is 0.671. The van der Waals surface area contributed by atoms with E-state index in [2.05, 4.69) is 4.90 Å². The van der Waals surface area contributed by atoms with Crippen molar-refractivity contribution in [1.82, 2.24) is 9.21 Å². The number of ether oxygens (including phenoxy) is 1. The summed E-state index contributed by atoms with van der Waals surface area (Å²) >= 11 is 7.41. The van der Waals surface area contributed by atoms with E-state index in [1.165, 1.54) is 11.3 Å². The zero-order valence-electron chi connectivity index (χ0n) is 14.2. The highest BCUT2D eigenvalue weighted by atomic mass is 35.5. The molecule has 0 radical (unpaired) electrons. The van der Waals surface area contributed by atoms with Crippen LogP contribution in [0.4, 0.5) is 0 Å². The third-order valence-electron chi connectivity index (χ3n) is 4.28. The molecule has 0 saturated carbocycles. The number of aryl methyl sites for hydroxylation is 1. The van der Waals surface area contributed by atoms with Crippen molar-refractivity contribution < 1.29 is 13.2 Å². The van der Waals surface area contributed by atoms with E-state index in [9.17, 15) is 8.42 Å². The highest BCUT2D eigenvalue weighted by Gasteiger charge is 2.29. The van der Waals surface area contributed by atoms with Gasteiger partial charge in [0.1, 0.15) is 9.96 Å². The van der Waals surface area contributed by atoms with Gasteiger partial charge in [0.05, 0.1) is 7.11 Å². The van der Waals surface area contributed by atoms with Gasteiger partial charge in [0, 0.05) is 48.2 Å². The van der Waals surface area contributed by atoms with Crippen LogP contribution in [0.2, 0.25) is 5.02 Å². The highest BCUT2D eigenvalue weighted by molar-refractivity contribution is 7.91. The lowest BCUT2D eigenvalue weighted by Gasteiger charge is -2.33. The minimum absolute atomic E-state index is 0.426. The number of sulfonamides is 1. The summed E-state index contributed by atoms with van der Waals surface area (Å²) in [5.41, 5.74) is 1.01. The minimum Gasteiger partial charge on any atom is -0.496 e. The van der Waals surface area contributed by atoms with Crippen LogP contribution in [0, 0.1) is 6.92 Å². The van der Waals surface area contributed by atoms with Crippen LogP contribution in [-0.4, -0.2) is 50.9 Å². The van der Waals surface area contributed by atoms with Crippen molar-refractivity contribution in [3.8, 4) is 5.75 Å². The van der Waals surface area contributed by atoms with E-state index in [-0.39, 0.29) is 0 Å². The molecule has 25 heavy (non-hydrogen) atoms. The minimum atomic E-state index is -3.38. The first-order valence-corrected chi connectivity index (χ1v) is 10.6. The maximum atomic E-state index is 12.7. The number of benzene rings is 1. The molecular formula is C17H21ClN2O3S2. The number of halogens is 1. The lowest BCUT2D eigenvalue weighted by Crippen LogP contribution is -2.48. The molecule has 1 aromatic heterocycles. The second-order valence-electron chi connectivity index (χ2n) is 6.00. The zero-order chi connectivity index (χ0) is 18.0. The molecule has 0 unspecified atom stereocenters. The second kappa shape index (κ2) is 7.63. The molecule has 1 aliphatic heterocycles. The van der Waals surface area contributed by atoms with Gasteiger partial charge < -0.3 is 4.74 Å². The molecule has 5 nitrogen and oxygen atoms in total. The summed E-state index contributed by atoms with van der Waals surface area (Å²) in [5.74, 6) is 0.800. The summed E-state index contributed by atoms with van der Waals surface area (Å²) in [7, 11) is -1.74. The molecule has 0 amide bonds. The fraction of sp³-hybridized carbons (Fsp3) is 0.412. The summed E-state index contributed by atoms with van der Waals surface area (Å²) in [6.07, 6.45) is 0. The molecule has 0 aliphatic carbocycles. The Hall–Kier alpha value is -1.12. The van der Waals surface area contributed by atoms with Crippen molar-refractivity contribution in [3.05, 3.63) is 45.8 Å². The number of nitrogens with zero attached hydrogens (tertiary/aromatic N) is 2. The van der Waals surface area contributed by atoms with Crippen molar-refractivity contribution in [1.29, 1.82) is 0 Å². The van der Waals surface area contributed by atoms with Gasteiger partial charge in [-0.2, -0.15) is 4.31 Å². The van der Waals surface area contributed by atoms with E-state index in [4.69, 9.17) is 16.3 Å². The van der Waals surface area contributed by atoms with Crippen LogP contribution in [0.25, 0.3) is 0 Å². The lowest BCUT2D eigenvalue weighted by atomic mass is 10.1. The molecule has 0 bridgehead atoms. The van der Waals surface area contributed by atoms with Crippen molar-refractivity contribution >= 4 is 33.0 Å². The number of hydrogen-bond donors (Lipinski definition) is 0. The van der Waals surface area contributed by atoms with Crippen molar-refractivity contribution in [2.75, 3.05) is 33.3 Å². The zero-order valence-corrected chi connectivity index (χ0v) is 16.6. The average Bonchev–Trinajstić information content (AvgIpc) is 3.03. The number of methoxy groups -OCH3 is 1. The van der Waals surface area contributed by atoms with Crippen molar-refractivity contribution in [2.24, 2.45) is 0 Å². The fourth-order valence-corrected chi connectivity index (χ4v) is 5.97. The first-order chi connectivity index (χ1) is 11.9. The second-order valence-corrected chi connectivity index (χ2v) is 9.89. The van der Waals surface area contributed by atoms with Gasteiger partial charge in [0.25, 0.3) is 10.0 Å². The third kappa shape index (κ3) is 4.17. The maximum absolute atomic E-state index is 12.7. The monoisotopic (exact) mass is 400 g/mol. The maximum Gasteiger partial charge on any atom is 0.252 e. The van der Waals surface area contributed by atoms with Crippen LogP contribution in [0.3, 0.4) is 0 Å². The van der Waals surface area contributed by atoms with E-state index >= 15 is 0 Å². The predicted octanol–water partition coefficient (Wildman–Crippen LogP) is 3.23. The standard InChI is InChI=1S/C17H21ClN2O3S2/c1-13-3-6-17(24-13)25(21,22)20-9-7-19(8-10-20)12-14-11-15(18)4-5-16(14)23-2/h3-6,11H,7-10,12H2,1-2H3. The van der Waals surface area contributed by atoms with Gasteiger partial charge in [0.15, 0.2) is 0 Å². The highest BCUT2D eigenvalue weighted by Crippen LogP contribution is 2.27. The van der Waals surface area contributed by atoms with Gasteiger partial charge in [-0.15, -0.1) is 11.3 Å². The smallest absolute Gasteiger partial charge is 0.252 e. The van der Waals surface area contributed by atoms with E-state index in [0.29, 0.717) is 42.0 Å². The normalized spacial score (nSPS) is 16.9. The Morgan fingerprint density at radius 3 is 2.48 bits per heavy atom. The number of rotatable bonds is 5. The van der Waals surface area contributed by atoms with E-state index in [0.717, 1.165) is 16.2 Å². The average molecular weight is 401 g/mol. The van der Waals surface area contributed by atoms with Crippen molar-refractivity contribution in [3.63, 3.8) is 0 Å². The quantitative estimate of drug-likeness (QED) is 0.773. The summed E-state index contributed by atoms with van der Waals surface area (Å²) in [6.45, 7) is 4.94. The van der Waals surface area contributed by atoms with Gasteiger partial charge in [-0.3, -0.25) is 4.90 Å². The molecular weight excluding hydrogens is 380 g/mol. The number of hydrogen-bond acceptors (Lipinski definition) is 5. The molecule has 1 aromatic carbocycles. The third-order valence-corrected chi connectivity index (χ3v) is 7.88. The molecule has 136 valence electrons. The Labute approximate surface area is 157 Å². The Bertz CT molecular complexity index is 843. The number of thiophene rings is 1.